The number of nitrogens with zero attached hydrogens (tertiary/aromatic N) is 1. The van der Waals surface area contributed by atoms with Crippen molar-refractivity contribution in [1.29, 1.82) is 0 Å². The first-order valence-electron chi connectivity index (χ1n) is 12.7. The zero-order chi connectivity index (χ0) is 24.6. The van der Waals surface area contributed by atoms with Crippen molar-refractivity contribution in [1.82, 2.24) is 4.98 Å². The van der Waals surface area contributed by atoms with Gasteiger partial charge < -0.3 is 9.52 Å². The molecule has 0 saturated heterocycles. The highest BCUT2D eigenvalue weighted by atomic mass is 32.2. The van der Waals surface area contributed by atoms with Crippen LogP contribution in [0.1, 0.15) is 58.8 Å². The molecule has 1 N–H and O–H groups in total. The van der Waals surface area contributed by atoms with Crippen LogP contribution in [0.15, 0.2) is 45.6 Å². The number of ketones is 3. The molecule has 4 aliphatic rings. The van der Waals surface area contributed by atoms with Crippen molar-refractivity contribution < 1.29 is 23.9 Å². The fourth-order valence-corrected chi connectivity index (χ4v) is 8.81. The minimum Gasteiger partial charge on any atom is -0.431 e. The molecule has 7 heteroatoms. The van der Waals surface area contributed by atoms with E-state index in [-0.39, 0.29) is 52.7 Å². The third-order valence-electron chi connectivity index (χ3n) is 9.87. The minimum absolute atomic E-state index is 0.0562. The van der Waals surface area contributed by atoms with E-state index >= 15 is 0 Å². The number of fused-ring (bicyclic) bond motifs is 6. The predicted octanol–water partition coefficient (Wildman–Crippen LogP) is 4.93. The second-order valence-corrected chi connectivity index (χ2v) is 12.4. The summed E-state index contributed by atoms with van der Waals surface area (Å²) in [6.07, 6.45) is 6.01. The maximum absolute atomic E-state index is 13.7. The summed E-state index contributed by atoms with van der Waals surface area (Å²) in [6.45, 7) is 4.12. The summed E-state index contributed by atoms with van der Waals surface area (Å²) in [4.78, 5) is 43.7. The van der Waals surface area contributed by atoms with Gasteiger partial charge in [0.25, 0.3) is 5.22 Å². The molecule has 2 aromatic rings. The average Bonchev–Trinajstić information content (AvgIpc) is 3.36. The summed E-state index contributed by atoms with van der Waals surface area (Å²) in [7, 11) is 0. The van der Waals surface area contributed by atoms with E-state index in [0.29, 0.717) is 23.6 Å². The third-order valence-corrected chi connectivity index (χ3v) is 10.7. The molecule has 0 bridgehead atoms. The number of hydrogen-bond donors (Lipinski definition) is 1. The minimum atomic E-state index is -1.53. The Balaban J connectivity index is 1.25. The van der Waals surface area contributed by atoms with Crippen molar-refractivity contribution >= 4 is 40.2 Å². The second-order valence-electron chi connectivity index (χ2n) is 11.5. The maximum Gasteiger partial charge on any atom is 0.257 e. The highest BCUT2D eigenvalue weighted by Crippen LogP contribution is 2.66. The van der Waals surface area contributed by atoms with Crippen LogP contribution in [0.25, 0.3) is 11.1 Å². The number of oxazole rings is 1. The van der Waals surface area contributed by atoms with Crippen LogP contribution in [-0.4, -0.2) is 38.8 Å². The Hall–Kier alpha value is -2.25. The number of Topliss-reactive ketones (excluding diaryl/α,β-unsaturated/α-hetero) is 2. The molecular weight excluding hydrogens is 462 g/mol. The number of allylic oxidation sites excluding steroid dienone is 1. The maximum atomic E-state index is 13.7. The highest BCUT2D eigenvalue weighted by Gasteiger charge is 2.68. The van der Waals surface area contributed by atoms with Gasteiger partial charge in [-0.25, -0.2) is 4.98 Å². The number of carbonyl (C=O) groups is 3. The smallest absolute Gasteiger partial charge is 0.257 e. The standard InChI is InChI=1S/C28H31NO5S/c1-26-11-9-17(30)13-16(26)7-8-18-19-10-12-28(33,27(19,2)14-21(31)24(18)26)23(32)15-35-25-29-20-5-3-4-6-22(20)34-25/h3-6,13,18-19,24,33H,7-12,14-15H2,1-2H3/t18?,19?,24?,26?,27?,28-/m0/s1. The zero-order valence-corrected chi connectivity index (χ0v) is 21.0. The van der Waals surface area contributed by atoms with Gasteiger partial charge in [-0.15, -0.1) is 0 Å². The van der Waals surface area contributed by atoms with E-state index in [1.165, 1.54) is 11.8 Å². The number of thioether (sulfide) groups is 1. The van der Waals surface area contributed by atoms with Gasteiger partial charge in [-0.1, -0.05) is 43.3 Å². The van der Waals surface area contributed by atoms with Gasteiger partial charge in [-0.05, 0) is 67.6 Å². The van der Waals surface area contributed by atoms with Crippen molar-refractivity contribution in [2.75, 3.05) is 5.75 Å². The second kappa shape index (κ2) is 7.87. The summed E-state index contributed by atoms with van der Waals surface area (Å²) in [5, 5.41) is 12.3. The van der Waals surface area contributed by atoms with Crippen LogP contribution in [0.4, 0.5) is 0 Å². The van der Waals surface area contributed by atoms with Gasteiger partial charge in [0.15, 0.2) is 17.1 Å². The first kappa shape index (κ1) is 23.2. The third kappa shape index (κ3) is 3.27. The molecule has 6 atom stereocenters. The van der Waals surface area contributed by atoms with Gasteiger partial charge >= 0.3 is 0 Å². The van der Waals surface area contributed by atoms with E-state index in [9.17, 15) is 19.5 Å². The van der Waals surface area contributed by atoms with Gasteiger partial charge in [0.1, 0.15) is 16.9 Å². The Labute approximate surface area is 208 Å². The SMILES string of the molecule is CC12CCC(=O)C=C1CCC1C2C(=O)CC2(C)C1CC[C@]2(O)C(=O)CSc1nc2ccccc2o1. The van der Waals surface area contributed by atoms with E-state index < -0.39 is 11.0 Å². The molecule has 0 amide bonds. The topological polar surface area (TPSA) is 97.5 Å². The largest absolute Gasteiger partial charge is 0.431 e. The molecule has 184 valence electrons. The summed E-state index contributed by atoms with van der Waals surface area (Å²) in [5.41, 5.74) is -0.0412. The molecule has 6 rings (SSSR count). The summed E-state index contributed by atoms with van der Waals surface area (Å²) in [5.74, 6) is 0.262. The summed E-state index contributed by atoms with van der Waals surface area (Å²) >= 11 is 1.20. The molecule has 35 heavy (non-hydrogen) atoms. The molecule has 3 saturated carbocycles. The fraction of sp³-hybridized carbons (Fsp3) is 0.571. The Bertz CT molecular complexity index is 1250. The van der Waals surface area contributed by atoms with Crippen molar-refractivity contribution in [3.63, 3.8) is 0 Å². The lowest BCUT2D eigenvalue weighted by atomic mass is 9.46. The lowest BCUT2D eigenvalue weighted by Gasteiger charge is -2.57. The van der Waals surface area contributed by atoms with Gasteiger partial charge in [0.2, 0.25) is 0 Å². The lowest BCUT2D eigenvalue weighted by molar-refractivity contribution is -0.167. The molecule has 1 aromatic heterocycles. The molecule has 4 aliphatic carbocycles. The number of rotatable bonds is 4. The number of carbonyl (C=O) groups excluding carboxylic acids is 3. The van der Waals surface area contributed by atoms with Crippen LogP contribution in [-0.2, 0) is 14.4 Å². The van der Waals surface area contributed by atoms with Crippen LogP contribution in [0.2, 0.25) is 0 Å². The van der Waals surface area contributed by atoms with Crippen molar-refractivity contribution in [3.8, 4) is 0 Å². The average molecular weight is 494 g/mol. The molecule has 0 aliphatic heterocycles. The van der Waals surface area contributed by atoms with E-state index in [0.717, 1.165) is 36.8 Å². The van der Waals surface area contributed by atoms with Crippen LogP contribution >= 0.6 is 11.8 Å². The van der Waals surface area contributed by atoms with E-state index in [1.54, 1.807) is 6.08 Å². The van der Waals surface area contributed by atoms with Crippen molar-refractivity contribution in [2.24, 2.45) is 28.6 Å². The van der Waals surface area contributed by atoms with E-state index in [4.69, 9.17) is 4.42 Å². The normalized spacial score (nSPS) is 38.6. The van der Waals surface area contributed by atoms with Crippen LogP contribution < -0.4 is 0 Å². The molecule has 1 aromatic carbocycles. The Kier molecular flexibility index (Phi) is 5.21. The molecular formula is C28H31NO5S. The monoisotopic (exact) mass is 493 g/mol. The number of para-hydroxylation sites is 2. The number of hydrogen-bond acceptors (Lipinski definition) is 7. The van der Waals surface area contributed by atoms with E-state index in [2.05, 4.69) is 11.9 Å². The van der Waals surface area contributed by atoms with Crippen LogP contribution in [0.3, 0.4) is 0 Å². The quantitative estimate of drug-likeness (QED) is 0.603. The van der Waals surface area contributed by atoms with Crippen molar-refractivity contribution in [3.05, 3.63) is 35.9 Å². The van der Waals surface area contributed by atoms with Crippen molar-refractivity contribution in [2.45, 2.75) is 69.6 Å². The zero-order valence-electron chi connectivity index (χ0n) is 20.2. The van der Waals surface area contributed by atoms with Crippen LogP contribution in [0, 0.1) is 28.6 Å². The molecule has 0 radical (unpaired) electrons. The van der Waals surface area contributed by atoms with Gasteiger partial charge in [0, 0.05) is 24.2 Å². The molecule has 5 unspecified atom stereocenters. The Morgan fingerprint density at radius 2 is 1.97 bits per heavy atom. The first-order chi connectivity index (χ1) is 16.7. The lowest BCUT2D eigenvalue weighted by Crippen LogP contribution is -2.60. The number of aliphatic hydroxyl groups is 1. The number of benzene rings is 1. The Morgan fingerprint density at radius 1 is 1.17 bits per heavy atom. The van der Waals surface area contributed by atoms with Gasteiger partial charge in [-0.3, -0.25) is 14.4 Å². The summed E-state index contributed by atoms with van der Waals surface area (Å²) < 4.78 is 5.74. The van der Waals surface area contributed by atoms with E-state index in [1.807, 2.05) is 31.2 Å². The fourth-order valence-electron chi connectivity index (χ4n) is 8.01. The Morgan fingerprint density at radius 3 is 2.77 bits per heavy atom. The molecule has 3 fully saturated rings. The first-order valence-corrected chi connectivity index (χ1v) is 13.6. The van der Waals surface area contributed by atoms with Gasteiger partial charge in [0.05, 0.1) is 5.75 Å². The summed E-state index contributed by atoms with van der Waals surface area (Å²) in [6, 6.07) is 7.45. The van der Waals surface area contributed by atoms with Gasteiger partial charge in [-0.2, -0.15) is 0 Å². The molecule has 0 spiro atoms. The highest BCUT2D eigenvalue weighted by molar-refractivity contribution is 7.99. The number of aromatic nitrogens is 1. The molecule has 1 heterocycles. The molecule has 6 nitrogen and oxygen atoms in total. The van der Waals surface area contributed by atoms with Crippen LogP contribution in [0.5, 0.6) is 0 Å². The predicted molar refractivity (Wildman–Crippen MR) is 132 cm³/mol.